The zero-order valence-corrected chi connectivity index (χ0v) is 12.8. The Hall–Kier alpha value is -1.25. The summed E-state index contributed by atoms with van der Waals surface area (Å²) in [6.07, 6.45) is 4.84. The molecule has 8 heteroatoms. The van der Waals surface area contributed by atoms with Crippen molar-refractivity contribution < 1.29 is 9.66 Å². The predicted molar refractivity (Wildman–Crippen MR) is 78.9 cm³/mol. The van der Waals surface area contributed by atoms with Crippen LogP contribution in [0.3, 0.4) is 0 Å². The minimum absolute atomic E-state index is 0.0371. The fraction of sp³-hybridized carbons (Fsp3) is 0.583. The Morgan fingerprint density at radius 3 is 3.05 bits per heavy atom. The molecular weight excluding hydrogens is 328 g/mol. The van der Waals surface area contributed by atoms with E-state index in [1.165, 1.54) is 6.20 Å². The molecule has 0 aromatic carbocycles. The van der Waals surface area contributed by atoms with E-state index >= 15 is 0 Å². The summed E-state index contributed by atoms with van der Waals surface area (Å²) >= 11 is 3.30. The van der Waals surface area contributed by atoms with Crippen LogP contribution in [0.4, 0.5) is 11.4 Å². The van der Waals surface area contributed by atoms with E-state index in [0.29, 0.717) is 23.3 Å². The number of ether oxygens (including phenoxy) is 1. The highest BCUT2D eigenvalue weighted by Gasteiger charge is 2.34. The summed E-state index contributed by atoms with van der Waals surface area (Å²) in [6.45, 7) is 2.06. The molecule has 20 heavy (non-hydrogen) atoms. The van der Waals surface area contributed by atoms with E-state index in [-0.39, 0.29) is 11.2 Å². The third-order valence-corrected chi connectivity index (χ3v) is 4.03. The topological polar surface area (TPSA) is 89.3 Å². The van der Waals surface area contributed by atoms with Crippen LogP contribution in [0.25, 0.3) is 0 Å². The van der Waals surface area contributed by atoms with Crippen LogP contribution in [0.1, 0.15) is 12.8 Å². The van der Waals surface area contributed by atoms with Gasteiger partial charge in [-0.1, -0.05) is 0 Å². The number of methoxy groups -OCH3 is 1. The maximum atomic E-state index is 11.0. The summed E-state index contributed by atoms with van der Waals surface area (Å²) in [7, 11) is 1.66. The van der Waals surface area contributed by atoms with Gasteiger partial charge >= 0.3 is 5.69 Å². The van der Waals surface area contributed by atoms with Gasteiger partial charge in [-0.25, -0.2) is 0 Å². The second-order valence-electron chi connectivity index (χ2n) is 4.87. The maximum Gasteiger partial charge on any atom is 0.311 e. The molecule has 0 aliphatic carbocycles. The van der Waals surface area contributed by atoms with Crippen molar-refractivity contribution in [2.75, 3.05) is 32.1 Å². The first-order valence-corrected chi connectivity index (χ1v) is 7.13. The van der Waals surface area contributed by atoms with Gasteiger partial charge in [0.25, 0.3) is 0 Å². The molecule has 0 saturated carbocycles. The number of aromatic nitrogens is 1. The minimum atomic E-state index is -0.439. The molecule has 2 rings (SSSR count). The number of nitrogens with one attached hydrogen (secondary N) is 2. The first-order chi connectivity index (χ1) is 9.58. The Morgan fingerprint density at radius 2 is 2.45 bits per heavy atom. The Bertz CT molecular complexity index is 492. The summed E-state index contributed by atoms with van der Waals surface area (Å²) < 4.78 is 5.85. The van der Waals surface area contributed by atoms with E-state index in [1.54, 1.807) is 13.3 Å². The fourth-order valence-electron chi connectivity index (χ4n) is 2.47. The quantitative estimate of drug-likeness (QED) is 0.605. The Labute approximate surface area is 125 Å². The zero-order chi connectivity index (χ0) is 14.6. The molecule has 7 nitrogen and oxygen atoms in total. The third kappa shape index (κ3) is 3.25. The number of pyridine rings is 1. The molecule has 2 N–H and O–H groups in total. The van der Waals surface area contributed by atoms with Crippen LogP contribution in [0.2, 0.25) is 0 Å². The molecule has 1 aliphatic heterocycles. The molecule has 110 valence electrons. The third-order valence-electron chi connectivity index (χ3n) is 3.43. The number of hydrogen-bond donors (Lipinski definition) is 2. The Balaban J connectivity index is 2.15. The van der Waals surface area contributed by atoms with Crippen LogP contribution in [0.15, 0.2) is 16.9 Å². The summed E-state index contributed by atoms with van der Waals surface area (Å²) in [4.78, 5) is 14.4. The average molecular weight is 345 g/mol. The standard InChI is InChI=1S/C12H17BrN4O3/c1-20-8-12(3-2-4-16-12)7-15-11-9(13)5-14-6-10(11)17(18)19/h5-6,16H,2-4,7-8H2,1H3,(H,14,15). The van der Waals surface area contributed by atoms with Gasteiger partial charge in [0.15, 0.2) is 0 Å². The maximum absolute atomic E-state index is 11.0. The van der Waals surface area contributed by atoms with Crippen LogP contribution < -0.4 is 10.6 Å². The molecule has 1 saturated heterocycles. The van der Waals surface area contributed by atoms with Crippen molar-refractivity contribution in [1.82, 2.24) is 10.3 Å². The lowest BCUT2D eigenvalue weighted by molar-refractivity contribution is -0.384. The van der Waals surface area contributed by atoms with E-state index in [9.17, 15) is 10.1 Å². The van der Waals surface area contributed by atoms with Crippen molar-refractivity contribution in [1.29, 1.82) is 0 Å². The lowest BCUT2D eigenvalue weighted by Crippen LogP contribution is -2.49. The molecule has 1 aliphatic rings. The Kier molecular flexibility index (Phi) is 4.90. The average Bonchev–Trinajstić information content (AvgIpc) is 2.86. The second kappa shape index (κ2) is 6.47. The van der Waals surface area contributed by atoms with Gasteiger partial charge in [-0.05, 0) is 35.3 Å². The molecule has 0 bridgehead atoms. The lowest BCUT2D eigenvalue weighted by Gasteiger charge is -2.29. The molecule has 1 unspecified atom stereocenters. The van der Waals surface area contributed by atoms with Gasteiger partial charge in [-0.2, -0.15) is 0 Å². The molecule has 1 aromatic rings. The highest BCUT2D eigenvalue weighted by molar-refractivity contribution is 9.10. The molecular formula is C12H17BrN4O3. The predicted octanol–water partition coefficient (Wildman–Crippen LogP) is 1.93. The van der Waals surface area contributed by atoms with Gasteiger partial charge in [0.1, 0.15) is 11.9 Å². The zero-order valence-electron chi connectivity index (χ0n) is 11.2. The summed E-state index contributed by atoms with van der Waals surface area (Å²) in [5.74, 6) is 0. The van der Waals surface area contributed by atoms with E-state index in [0.717, 1.165) is 19.4 Å². The monoisotopic (exact) mass is 344 g/mol. The van der Waals surface area contributed by atoms with Crippen LogP contribution in [0.5, 0.6) is 0 Å². The largest absolute Gasteiger partial charge is 0.383 e. The van der Waals surface area contributed by atoms with E-state index < -0.39 is 4.92 Å². The van der Waals surface area contributed by atoms with Crippen LogP contribution in [-0.2, 0) is 4.74 Å². The molecule has 1 atom stereocenters. The molecule has 0 amide bonds. The number of nitro groups is 1. The first kappa shape index (κ1) is 15.1. The smallest absolute Gasteiger partial charge is 0.311 e. The number of rotatable bonds is 6. The van der Waals surface area contributed by atoms with Gasteiger partial charge in [-0.3, -0.25) is 15.1 Å². The van der Waals surface area contributed by atoms with E-state index in [1.807, 2.05) is 0 Å². The van der Waals surface area contributed by atoms with E-state index in [4.69, 9.17) is 4.74 Å². The van der Waals surface area contributed by atoms with Crippen molar-refractivity contribution in [3.8, 4) is 0 Å². The summed E-state index contributed by atoms with van der Waals surface area (Å²) in [6, 6.07) is 0. The minimum Gasteiger partial charge on any atom is -0.383 e. The van der Waals surface area contributed by atoms with Gasteiger partial charge in [0, 0.05) is 19.9 Å². The van der Waals surface area contributed by atoms with Gasteiger partial charge in [0.2, 0.25) is 0 Å². The highest BCUT2D eigenvalue weighted by atomic mass is 79.9. The summed E-state index contributed by atoms with van der Waals surface area (Å²) in [5, 5.41) is 17.6. The highest BCUT2D eigenvalue weighted by Crippen LogP contribution is 2.32. The van der Waals surface area contributed by atoms with Crippen LogP contribution in [-0.4, -0.2) is 42.3 Å². The van der Waals surface area contributed by atoms with Gasteiger partial charge in [0.05, 0.1) is 21.5 Å². The molecule has 0 spiro atoms. The number of hydrogen-bond acceptors (Lipinski definition) is 6. The number of anilines is 1. The first-order valence-electron chi connectivity index (χ1n) is 6.34. The molecule has 0 radical (unpaired) electrons. The molecule has 2 heterocycles. The van der Waals surface area contributed by atoms with Crippen molar-refractivity contribution in [2.45, 2.75) is 18.4 Å². The number of nitrogens with zero attached hydrogens (tertiary/aromatic N) is 2. The fourth-order valence-corrected chi connectivity index (χ4v) is 2.93. The van der Waals surface area contributed by atoms with Gasteiger partial charge < -0.3 is 15.4 Å². The van der Waals surface area contributed by atoms with Crippen molar-refractivity contribution >= 4 is 27.3 Å². The van der Waals surface area contributed by atoms with Gasteiger partial charge in [-0.15, -0.1) is 0 Å². The second-order valence-corrected chi connectivity index (χ2v) is 5.72. The SMILES string of the molecule is COCC1(CNc2c(Br)cncc2[N+](=O)[O-])CCCN1. The molecule has 1 aromatic heterocycles. The van der Waals surface area contributed by atoms with Crippen molar-refractivity contribution in [3.63, 3.8) is 0 Å². The Morgan fingerprint density at radius 1 is 1.65 bits per heavy atom. The van der Waals surface area contributed by atoms with Crippen molar-refractivity contribution in [3.05, 3.63) is 27.0 Å². The molecule has 1 fully saturated rings. The van der Waals surface area contributed by atoms with Crippen LogP contribution >= 0.6 is 15.9 Å². The van der Waals surface area contributed by atoms with Crippen LogP contribution in [0, 0.1) is 10.1 Å². The van der Waals surface area contributed by atoms with Crippen molar-refractivity contribution in [2.24, 2.45) is 0 Å². The number of halogens is 1. The summed E-state index contributed by atoms with van der Waals surface area (Å²) in [5.41, 5.74) is 0.241. The normalized spacial score (nSPS) is 21.9. The van der Waals surface area contributed by atoms with E-state index in [2.05, 4.69) is 31.5 Å². The lowest BCUT2D eigenvalue weighted by atomic mass is 9.98.